The van der Waals surface area contributed by atoms with Gasteiger partial charge in [-0.1, -0.05) is 23.2 Å². The van der Waals surface area contributed by atoms with Gasteiger partial charge in [0, 0.05) is 16.1 Å². The monoisotopic (exact) mass is 229 g/mol. The molecule has 1 saturated carbocycles. The Morgan fingerprint density at radius 2 is 1.86 bits per heavy atom. The van der Waals surface area contributed by atoms with Crippen LogP contribution in [-0.4, -0.2) is 6.04 Å². The highest BCUT2D eigenvalue weighted by Gasteiger charge is 2.40. The summed E-state index contributed by atoms with van der Waals surface area (Å²) in [6, 6.07) is 5.99. The van der Waals surface area contributed by atoms with Crippen LogP contribution in [0.1, 0.15) is 24.8 Å². The first-order valence-corrected chi connectivity index (χ1v) is 5.55. The van der Waals surface area contributed by atoms with E-state index in [1.54, 1.807) is 6.07 Å². The molecule has 0 amide bonds. The van der Waals surface area contributed by atoms with Crippen molar-refractivity contribution in [2.24, 2.45) is 11.7 Å². The molecule has 0 spiro atoms. The Morgan fingerprint density at radius 3 is 2.29 bits per heavy atom. The summed E-state index contributed by atoms with van der Waals surface area (Å²) in [7, 11) is 0. The Kier molecular flexibility index (Phi) is 2.74. The fourth-order valence-corrected chi connectivity index (χ4v) is 2.51. The molecule has 0 saturated heterocycles. The van der Waals surface area contributed by atoms with Crippen molar-refractivity contribution in [1.29, 1.82) is 0 Å². The van der Waals surface area contributed by atoms with E-state index in [-0.39, 0.29) is 6.04 Å². The predicted molar refractivity (Wildman–Crippen MR) is 61.0 cm³/mol. The van der Waals surface area contributed by atoms with Gasteiger partial charge in [-0.15, -0.1) is 0 Å². The Balaban J connectivity index is 2.19. The van der Waals surface area contributed by atoms with Gasteiger partial charge in [0.15, 0.2) is 0 Å². The minimum atomic E-state index is 0.262. The van der Waals surface area contributed by atoms with Crippen molar-refractivity contribution in [1.82, 2.24) is 0 Å². The molecule has 3 heteroatoms. The summed E-state index contributed by atoms with van der Waals surface area (Å²) in [4.78, 5) is 0. The molecule has 1 fully saturated rings. The smallest absolute Gasteiger partial charge is 0.0423 e. The number of nitrogens with two attached hydrogens (primary N) is 1. The molecule has 0 aliphatic heterocycles. The van der Waals surface area contributed by atoms with Gasteiger partial charge in [0.25, 0.3) is 0 Å². The maximum Gasteiger partial charge on any atom is 0.0423 e. The third-order valence-electron chi connectivity index (χ3n) is 2.83. The second-order valence-corrected chi connectivity index (χ2v) is 4.94. The quantitative estimate of drug-likeness (QED) is 0.827. The van der Waals surface area contributed by atoms with Gasteiger partial charge in [0.2, 0.25) is 0 Å². The lowest BCUT2D eigenvalue weighted by Gasteiger charge is -2.05. The van der Waals surface area contributed by atoms with Gasteiger partial charge in [-0.3, -0.25) is 0 Å². The molecular formula is C11H13Cl2N. The SMILES string of the molecule is C[C@H](N)[C@H]1C[C@@H]1c1cc(Cl)cc(Cl)c1. The second-order valence-electron chi connectivity index (χ2n) is 4.07. The van der Waals surface area contributed by atoms with E-state index in [1.807, 2.05) is 12.1 Å². The third-order valence-corrected chi connectivity index (χ3v) is 3.26. The van der Waals surface area contributed by atoms with E-state index in [0.717, 1.165) is 6.42 Å². The molecule has 3 atom stereocenters. The van der Waals surface area contributed by atoms with Gasteiger partial charge < -0.3 is 5.73 Å². The summed E-state index contributed by atoms with van der Waals surface area (Å²) in [5.41, 5.74) is 7.06. The lowest BCUT2D eigenvalue weighted by molar-refractivity contribution is 0.631. The Labute approximate surface area is 94.2 Å². The molecule has 1 aromatic carbocycles. The van der Waals surface area contributed by atoms with Crippen molar-refractivity contribution >= 4 is 23.2 Å². The fraction of sp³-hybridized carbons (Fsp3) is 0.455. The maximum atomic E-state index is 5.93. The van der Waals surface area contributed by atoms with Gasteiger partial charge in [0.1, 0.15) is 0 Å². The topological polar surface area (TPSA) is 26.0 Å². The van der Waals surface area contributed by atoms with Crippen LogP contribution >= 0.6 is 23.2 Å². The number of benzene rings is 1. The van der Waals surface area contributed by atoms with Crippen LogP contribution in [0.5, 0.6) is 0 Å². The molecule has 1 aliphatic rings. The normalized spacial score (nSPS) is 27.4. The van der Waals surface area contributed by atoms with Gasteiger partial charge in [-0.2, -0.15) is 0 Å². The first-order valence-electron chi connectivity index (χ1n) is 4.79. The fourth-order valence-electron chi connectivity index (χ4n) is 1.97. The largest absolute Gasteiger partial charge is 0.328 e. The third kappa shape index (κ3) is 2.05. The van der Waals surface area contributed by atoms with E-state index in [4.69, 9.17) is 28.9 Å². The molecule has 0 bridgehead atoms. The maximum absolute atomic E-state index is 5.93. The highest BCUT2D eigenvalue weighted by atomic mass is 35.5. The van der Waals surface area contributed by atoms with Crippen LogP contribution in [0.3, 0.4) is 0 Å². The van der Waals surface area contributed by atoms with E-state index in [2.05, 4.69) is 6.92 Å². The number of halogens is 2. The van der Waals surface area contributed by atoms with Crippen molar-refractivity contribution < 1.29 is 0 Å². The van der Waals surface area contributed by atoms with E-state index in [1.165, 1.54) is 5.56 Å². The molecule has 1 aromatic rings. The van der Waals surface area contributed by atoms with Crippen molar-refractivity contribution in [2.75, 3.05) is 0 Å². The average Bonchev–Trinajstić information content (AvgIpc) is 2.79. The van der Waals surface area contributed by atoms with Crippen LogP contribution in [0.2, 0.25) is 10.0 Å². The summed E-state index contributed by atoms with van der Waals surface area (Å²) < 4.78 is 0. The van der Waals surface area contributed by atoms with Crippen LogP contribution in [0.15, 0.2) is 18.2 Å². The minimum absolute atomic E-state index is 0.262. The van der Waals surface area contributed by atoms with Crippen molar-refractivity contribution in [3.63, 3.8) is 0 Å². The summed E-state index contributed by atoms with van der Waals surface area (Å²) in [6.07, 6.45) is 1.16. The minimum Gasteiger partial charge on any atom is -0.328 e. The molecule has 0 heterocycles. The van der Waals surface area contributed by atoms with Crippen LogP contribution in [-0.2, 0) is 0 Å². The van der Waals surface area contributed by atoms with Crippen molar-refractivity contribution in [3.05, 3.63) is 33.8 Å². The first kappa shape index (κ1) is 10.3. The van der Waals surface area contributed by atoms with Gasteiger partial charge in [-0.25, -0.2) is 0 Å². The Bertz CT molecular complexity index is 329. The lowest BCUT2D eigenvalue weighted by Crippen LogP contribution is -2.17. The summed E-state index contributed by atoms with van der Waals surface area (Å²) in [6.45, 7) is 2.05. The van der Waals surface area contributed by atoms with Crippen LogP contribution in [0.25, 0.3) is 0 Å². The van der Waals surface area contributed by atoms with Crippen LogP contribution in [0.4, 0.5) is 0 Å². The number of rotatable bonds is 2. The first-order chi connectivity index (χ1) is 6.58. The summed E-state index contributed by atoms with van der Waals surface area (Å²) in [5.74, 6) is 1.16. The van der Waals surface area contributed by atoms with Crippen LogP contribution < -0.4 is 5.73 Å². The van der Waals surface area contributed by atoms with Gasteiger partial charge >= 0.3 is 0 Å². The molecular weight excluding hydrogens is 217 g/mol. The van der Waals surface area contributed by atoms with E-state index in [0.29, 0.717) is 21.9 Å². The molecule has 76 valence electrons. The summed E-state index contributed by atoms with van der Waals surface area (Å²) in [5, 5.41) is 1.42. The highest BCUT2D eigenvalue weighted by molar-refractivity contribution is 6.34. The highest BCUT2D eigenvalue weighted by Crippen LogP contribution is 2.49. The number of hydrogen-bond donors (Lipinski definition) is 1. The zero-order valence-corrected chi connectivity index (χ0v) is 9.52. The number of hydrogen-bond acceptors (Lipinski definition) is 1. The predicted octanol–water partition coefficient (Wildman–Crippen LogP) is 3.44. The van der Waals surface area contributed by atoms with Crippen LogP contribution in [0, 0.1) is 5.92 Å². The average molecular weight is 230 g/mol. The van der Waals surface area contributed by atoms with Gasteiger partial charge in [0.05, 0.1) is 0 Å². The second kappa shape index (κ2) is 3.73. The Hall–Kier alpha value is -0.240. The molecule has 14 heavy (non-hydrogen) atoms. The molecule has 0 aromatic heterocycles. The molecule has 1 nitrogen and oxygen atoms in total. The van der Waals surface area contributed by atoms with Crippen molar-refractivity contribution in [2.45, 2.75) is 25.3 Å². The zero-order chi connectivity index (χ0) is 10.3. The van der Waals surface area contributed by atoms with Gasteiger partial charge in [-0.05, 0) is 48.9 Å². The van der Waals surface area contributed by atoms with E-state index in [9.17, 15) is 0 Å². The molecule has 0 unspecified atom stereocenters. The summed E-state index contributed by atoms with van der Waals surface area (Å²) >= 11 is 11.9. The lowest BCUT2D eigenvalue weighted by atomic mass is 10.1. The zero-order valence-electron chi connectivity index (χ0n) is 8.00. The molecule has 0 radical (unpaired) electrons. The molecule has 2 rings (SSSR count). The van der Waals surface area contributed by atoms with E-state index >= 15 is 0 Å². The van der Waals surface area contributed by atoms with Crippen molar-refractivity contribution in [3.8, 4) is 0 Å². The molecule has 1 aliphatic carbocycles. The standard InChI is InChI=1S/C11H13Cl2N/c1-6(14)10-5-11(10)7-2-8(12)4-9(13)3-7/h2-4,6,10-11H,5,14H2,1H3/t6-,10+,11+/m0/s1. The van der Waals surface area contributed by atoms with E-state index < -0.39 is 0 Å². The Morgan fingerprint density at radius 1 is 1.29 bits per heavy atom. The molecule has 2 N–H and O–H groups in total.